The molecule has 1 aliphatic heterocycles. The molecule has 0 bridgehead atoms. The lowest BCUT2D eigenvalue weighted by atomic mass is 9.86. The third-order valence-corrected chi connectivity index (χ3v) is 7.26. The van der Waals surface area contributed by atoms with Gasteiger partial charge >= 0.3 is 0 Å². The number of hydrogen-bond donors (Lipinski definition) is 0. The Hall–Kier alpha value is -3.53. The molecule has 1 amide bonds. The van der Waals surface area contributed by atoms with E-state index in [1.165, 1.54) is 33.3 Å². The molecule has 2 aromatic heterocycles. The minimum absolute atomic E-state index is 0.0699. The van der Waals surface area contributed by atoms with Crippen molar-refractivity contribution in [3.05, 3.63) is 95.0 Å². The smallest absolute Gasteiger partial charge is 0.251 e. The highest BCUT2D eigenvalue weighted by Crippen LogP contribution is 2.50. The zero-order valence-electron chi connectivity index (χ0n) is 19.2. The van der Waals surface area contributed by atoms with Gasteiger partial charge in [-0.25, -0.2) is 0 Å². The van der Waals surface area contributed by atoms with Gasteiger partial charge in [-0.05, 0) is 61.9 Å². The highest BCUT2D eigenvalue weighted by Gasteiger charge is 2.43. The Morgan fingerprint density at radius 3 is 2.48 bits per heavy atom. The van der Waals surface area contributed by atoms with Gasteiger partial charge in [-0.15, -0.1) is 0 Å². The lowest BCUT2D eigenvalue weighted by Gasteiger charge is -2.28. The molecule has 1 atom stereocenters. The number of amides is 1. The molecule has 4 heteroatoms. The predicted molar refractivity (Wildman–Crippen MR) is 131 cm³/mol. The highest BCUT2D eigenvalue weighted by molar-refractivity contribution is 6.01. The number of fused-ring (bicyclic) bond motifs is 1. The molecule has 3 heterocycles. The Morgan fingerprint density at radius 1 is 0.939 bits per heavy atom. The van der Waals surface area contributed by atoms with Crippen LogP contribution in [-0.2, 0) is 18.4 Å². The number of rotatable bonds is 4. The van der Waals surface area contributed by atoms with Gasteiger partial charge in [-0.2, -0.15) is 0 Å². The lowest BCUT2D eigenvalue weighted by Crippen LogP contribution is -2.30. The van der Waals surface area contributed by atoms with Gasteiger partial charge < -0.3 is 13.9 Å². The van der Waals surface area contributed by atoms with E-state index in [1.54, 1.807) is 0 Å². The first-order valence-electron chi connectivity index (χ1n) is 11.8. The quantitative estimate of drug-likeness (QED) is 0.357. The Labute approximate surface area is 194 Å². The molecule has 33 heavy (non-hydrogen) atoms. The monoisotopic (exact) mass is 436 g/mol. The number of para-hydroxylation sites is 1. The fraction of sp³-hybridized carbons (Fsp3) is 0.276. The van der Waals surface area contributed by atoms with Crippen LogP contribution in [0, 0.1) is 6.92 Å². The van der Waals surface area contributed by atoms with E-state index in [9.17, 15) is 4.79 Å². The maximum atomic E-state index is 13.7. The third-order valence-electron chi connectivity index (χ3n) is 7.26. The van der Waals surface area contributed by atoms with Crippen molar-refractivity contribution in [1.82, 2.24) is 9.47 Å². The van der Waals surface area contributed by atoms with Crippen molar-refractivity contribution in [2.75, 3.05) is 0 Å². The summed E-state index contributed by atoms with van der Waals surface area (Å²) < 4.78 is 8.21. The molecule has 0 spiro atoms. The maximum Gasteiger partial charge on any atom is 0.251 e. The molecule has 2 aromatic carbocycles. The fourth-order valence-electron chi connectivity index (χ4n) is 5.83. The van der Waals surface area contributed by atoms with Crippen LogP contribution in [0.15, 0.2) is 82.3 Å². The third kappa shape index (κ3) is 3.16. The molecule has 0 radical (unpaired) electrons. The van der Waals surface area contributed by atoms with Crippen LogP contribution in [0.4, 0.5) is 0 Å². The first-order chi connectivity index (χ1) is 16.1. The number of carbonyl (C=O) groups is 1. The minimum Gasteiger partial charge on any atom is -0.464 e. The van der Waals surface area contributed by atoms with Crippen LogP contribution < -0.4 is 0 Å². The second-order valence-corrected chi connectivity index (χ2v) is 9.26. The van der Waals surface area contributed by atoms with Gasteiger partial charge in [0.25, 0.3) is 5.91 Å². The summed E-state index contributed by atoms with van der Waals surface area (Å²) in [6.45, 7) is 2.44. The van der Waals surface area contributed by atoms with E-state index in [4.69, 9.17) is 4.42 Å². The second kappa shape index (κ2) is 7.80. The molecule has 2 aliphatic rings. The van der Waals surface area contributed by atoms with Crippen LogP contribution in [0.25, 0.3) is 22.2 Å². The number of nitrogens with zero attached hydrogens (tertiary/aromatic N) is 2. The van der Waals surface area contributed by atoms with E-state index in [0.717, 1.165) is 42.8 Å². The van der Waals surface area contributed by atoms with Gasteiger partial charge in [-0.1, -0.05) is 48.5 Å². The Kier molecular flexibility index (Phi) is 4.75. The van der Waals surface area contributed by atoms with Crippen molar-refractivity contribution in [2.45, 2.75) is 45.2 Å². The fourth-order valence-corrected chi connectivity index (χ4v) is 5.83. The Balaban J connectivity index is 1.60. The SMILES string of the molecule is Cc1ccc(CN2C(=O)C3=C(CCCC3)C2c2c(-c3ccccc3)n(C)c3ccccc23)o1. The zero-order chi connectivity index (χ0) is 22.5. The number of carbonyl (C=O) groups excluding carboxylic acids is 1. The van der Waals surface area contributed by atoms with Gasteiger partial charge in [0, 0.05) is 29.1 Å². The summed E-state index contributed by atoms with van der Waals surface area (Å²) in [4.78, 5) is 15.8. The summed E-state index contributed by atoms with van der Waals surface area (Å²) in [6, 6.07) is 23.1. The van der Waals surface area contributed by atoms with E-state index in [-0.39, 0.29) is 11.9 Å². The average molecular weight is 437 g/mol. The molecule has 6 rings (SSSR count). The largest absolute Gasteiger partial charge is 0.464 e. The van der Waals surface area contributed by atoms with Crippen molar-refractivity contribution in [3.63, 3.8) is 0 Å². The average Bonchev–Trinajstić information content (AvgIpc) is 3.48. The topological polar surface area (TPSA) is 38.4 Å². The first-order valence-corrected chi connectivity index (χ1v) is 11.8. The molecule has 1 aliphatic carbocycles. The van der Waals surface area contributed by atoms with E-state index < -0.39 is 0 Å². The van der Waals surface area contributed by atoms with Crippen LogP contribution in [0.1, 0.15) is 48.8 Å². The van der Waals surface area contributed by atoms with Crippen molar-refractivity contribution in [2.24, 2.45) is 7.05 Å². The van der Waals surface area contributed by atoms with Crippen molar-refractivity contribution < 1.29 is 9.21 Å². The molecule has 0 saturated heterocycles. The van der Waals surface area contributed by atoms with Gasteiger partial charge in [0.2, 0.25) is 0 Å². The van der Waals surface area contributed by atoms with E-state index in [1.807, 2.05) is 19.1 Å². The van der Waals surface area contributed by atoms with Crippen LogP contribution in [-0.4, -0.2) is 15.4 Å². The molecule has 4 nitrogen and oxygen atoms in total. The van der Waals surface area contributed by atoms with E-state index in [2.05, 4.69) is 71.1 Å². The number of aromatic nitrogens is 1. The number of hydrogen-bond acceptors (Lipinski definition) is 2. The van der Waals surface area contributed by atoms with Gasteiger partial charge in [0.05, 0.1) is 18.3 Å². The molecule has 166 valence electrons. The normalized spacial score (nSPS) is 18.4. The summed E-state index contributed by atoms with van der Waals surface area (Å²) in [7, 11) is 2.14. The second-order valence-electron chi connectivity index (χ2n) is 9.26. The maximum absolute atomic E-state index is 13.7. The van der Waals surface area contributed by atoms with E-state index >= 15 is 0 Å². The molecular weight excluding hydrogens is 408 g/mol. The molecular formula is C29H28N2O2. The first kappa shape index (κ1) is 20.1. The molecule has 0 fully saturated rings. The summed E-state index contributed by atoms with van der Waals surface area (Å²) in [5.74, 6) is 1.89. The number of benzene rings is 2. The molecule has 1 unspecified atom stereocenters. The standard InChI is InChI=1S/C29H28N2O2/c1-19-16-17-21(33-19)18-31-28(22-12-6-7-13-23(22)29(31)32)26-24-14-8-9-15-25(24)30(2)27(26)20-10-4-3-5-11-20/h3-5,8-11,14-17,28H,6-7,12-13,18H2,1-2H3. The van der Waals surface area contributed by atoms with Gasteiger partial charge in [-0.3, -0.25) is 4.79 Å². The van der Waals surface area contributed by atoms with Crippen molar-refractivity contribution in [3.8, 4) is 11.3 Å². The zero-order valence-corrected chi connectivity index (χ0v) is 19.2. The Morgan fingerprint density at radius 2 is 1.70 bits per heavy atom. The van der Waals surface area contributed by atoms with Gasteiger partial charge in [0.1, 0.15) is 11.5 Å². The van der Waals surface area contributed by atoms with Crippen LogP contribution in [0.2, 0.25) is 0 Å². The van der Waals surface area contributed by atoms with Crippen LogP contribution in [0.5, 0.6) is 0 Å². The molecule has 0 saturated carbocycles. The molecule has 0 N–H and O–H groups in total. The number of furan rings is 1. The summed E-state index contributed by atoms with van der Waals surface area (Å²) in [5, 5.41) is 1.22. The van der Waals surface area contributed by atoms with Crippen LogP contribution in [0.3, 0.4) is 0 Å². The summed E-state index contributed by atoms with van der Waals surface area (Å²) >= 11 is 0. The summed E-state index contributed by atoms with van der Waals surface area (Å²) in [6.07, 6.45) is 4.09. The van der Waals surface area contributed by atoms with Crippen LogP contribution >= 0.6 is 0 Å². The predicted octanol–water partition coefficient (Wildman–Crippen LogP) is 6.70. The lowest BCUT2D eigenvalue weighted by molar-refractivity contribution is -0.128. The van der Waals surface area contributed by atoms with E-state index in [0.29, 0.717) is 6.54 Å². The summed E-state index contributed by atoms with van der Waals surface area (Å²) in [5.41, 5.74) is 7.14. The Bertz CT molecular complexity index is 1390. The highest BCUT2D eigenvalue weighted by atomic mass is 16.3. The van der Waals surface area contributed by atoms with Gasteiger partial charge in [0.15, 0.2) is 0 Å². The minimum atomic E-state index is -0.0699. The molecule has 4 aromatic rings. The van der Waals surface area contributed by atoms with Crippen molar-refractivity contribution in [1.29, 1.82) is 0 Å². The van der Waals surface area contributed by atoms with Crippen molar-refractivity contribution >= 4 is 16.8 Å². The number of aryl methyl sites for hydroxylation is 2.